The van der Waals surface area contributed by atoms with Gasteiger partial charge in [0.2, 0.25) is 15.9 Å². The molecule has 8 nitrogen and oxygen atoms in total. The van der Waals surface area contributed by atoms with Crippen LogP contribution in [0.3, 0.4) is 0 Å². The first-order valence-electron chi connectivity index (χ1n) is 10.1. The number of rotatable bonds is 8. The van der Waals surface area contributed by atoms with Crippen LogP contribution in [0.2, 0.25) is 0 Å². The zero-order valence-electron chi connectivity index (χ0n) is 18.0. The molecule has 2 aromatic rings. The second-order valence-electron chi connectivity index (χ2n) is 7.26. The molecule has 1 amide bonds. The summed E-state index contributed by atoms with van der Waals surface area (Å²) in [7, 11) is 0.867. The van der Waals surface area contributed by atoms with Crippen LogP contribution in [0.1, 0.15) is 25.7 Å². The number of piperidine rings is 1. The second kappa shape index (κ2) is 10.0. The smallest absolute Gasteiger partial charge is 0.243 e. The molecule has 9 heteroatoms. The minimum atomic E-state index is -3.72. The topological polar surface area (TPSA) is 94.2 Å². The lowest BCUT2D eigenvalue weighted by Gasteiger charge is -2.34. The van der Waals surface area contributed by atoms with Crippen LogP contribution in [0, 0.1) is 0 Å². The number of hydrogen-bond acceptors (Lipinski definition) is 6. The third-order valence-corrected chi connectivity index (χ3v) is 7.31. The van der Waals surface area contributed by atoms with Gasteiger partial charge in [0.05, 0.1) is 31.9 Å². The van der Waals surface area contributed by atoms with Crippen LogP contribution in [0.5, 0.6) is 17.2 Å². The molecule has 0 spiro atoms. The molecule has 1 aliphatic rings. The maximum absolute atomic E-state index is 13.2. The molecule has 1 aliphatic heterocycles. The molecule has 31 heavy (non-hydrogen) atoms. The summed E-state index contributed by atoms with van der Waals surface area (Å²) in [5.74, 6) is 1.39. The van der Waals surface area contributed by atoms with Gasteiger partial charge < -0.3 is 19.5 Å². The Hall–Kier alpha value is -2.78. The van der Waals surface area contributed by atoms with E-state index in [0.717, 1.165) is 12.8 Å². The number of benzene rings is 2. The monoisotopic (exact) mass is 448 g/mol. The Labute approximate surface area is 183 Å². The van der Waals surface area contributed by atoms with Gasteiger partial charge in [-0.15, -0.1) is 0 Å². The van der Waals surface area contributed by atoms with Crippen LogP contribution in [-0.2, 0) is 14.8 Å². The van der Waals surface area contributed by atoms with Crippen molar-refractivity contribution in [2.45, 2.75) is 36.6 Å². The molecule has 1 saturated heterocycles. The van der Waals surface area contributed by atoms with E-state index in [1.807, 2.05) is 0 Å². The quantitative estimate of drug-likeness (QED) is 0.666. The summed E-state index contributed by atoms with van der Waals surface area (Å²) >= 11 is 0. The molecule has 1 fully saturated rings. The van der Waals surface area contributed by atoms with Crippen LogP contribution in [-0.4, -0.2) is 52.5 Å². The predicted octanol–water partition coefficient (Wildman–Crippen LogP) is 3.28. The summed E-state index contributed by atoms with van der Waals surface area (Å²) < 4.78 is 43.5. The van der Waals surface area contributed by atoms with Crippen molar-refractivity contribution in [3.8, 4) is 17.2 Å². The highest BCUT2D eigenvalue weighted by molar-refractivity contribution is 7.89. The lowest BCUT2D eigenvalue weighted by molar-refractivity contribution is -0.117. The fraction of sp³-hybridized carbons (Fsp3) is 0.409. The lowest BCUT2D eigenvalue weighted by Crippen LogP contribution is -2.45. The molecule has 0 aromatic heterocycles. The molecule has 0 bridgehead atoms. The number of methoxy groups -OCH3 is 3. The van der Waals surface area contributed by atoms with Crippen LogP contribution < -0.4 is 19.5 Å². The maximum Gasteiger partial charge on any atom is 0.243 e. The van der Waals surface area contributed by atoms with Gasteiger partial charge in [-0.25, -0.2) is 8.42 Å². The van der Waals surface area contributed by atoms with Crippen molar-refractivity contribution in [1.82, 2.24) is 4.31 Å². The highest BCUT2D eigenvalue weighted by Gasteiger charge is 2.34. The summed E-state index contributed by atoms with van der Waals surface area (Å²) in [5.41, 5.74) is 0.508. The molecule has 168 valence electrons. The van der Waals surface area contributed by atoms with Crippen LogP contribution in [0.25, 0.3) is 0 Å². The van der Waals surface area contributed by atoms with Gasteiger partial charge in [0, 0.05) is 25.1 Å². The van der Waals surface area contributed by atoms with Crippen molar-refractivity contribution in [2.24, 2.45) is 0 Å². The van der Waals surface area contributed by atoms with Gasteiger partial charge in [0.1, 0.15) is 17.2 Å². The Morgan fingerprint density at radius 2 is 1.68 bits per heavy atom. The molecule has 1 N–H and O–H groups in total. The van der Waals surface area contributed by atoms with Gasteiger partial charge in [0.25, 0.3) is 0 Å². The summed E-state index contributed by atoms with van der Waals surface area (Å²) in [5, 5.41) is 2.83. The van der Waals surface area contributed by atoms with Gasteiger partial charge in [-0.1, -0.05) is 6.42 Å². The zero-order valence-corrected chi connectivity index (χ0v) is 18.8. The molecule has 0 radical (unpaired) electrons. The summed E-state index contributed by atoms with van der Waals surface area (Å²) in [6.07, 6.45) is 2.32. The second-order valence-corrected chi connectivity index (χ2v) is 9.15. The number of nitrogens with zero attached hydrogens (tertiary/aromatic N) is 1. The number of carbonyl (C=O) groups is 1. The SMILES string of the molecule is COc1ccc(S(=O)(=O)N2CCCCC2CC(=O)Nc2ccc(OC)cc2OC)cc1. The standard InChI is InChI=1S/C22H28N2O6S/c1-28-17-7-10-19(11-8-17)31(26,27)24-13-5-4-6-16(24)14-22(25)23-20-12-9-18(29-2)15-21(20)30-3/h7-12,15-16H,4-6,13-14H2,1-3H3,(H,23,25). The van der Waals surface area contributed by atoms with E-state index in [1.165, 1.54) is 30.7 Å². The number of carbonyl (C=O) groups excluding carboxylic acids is 1. The average molecular weight is 449 g/mol. The molecule has 0 aliphatic carbocycles. The van der Waals surface area contributed by atoms with Crippen molar-refractivity contribution in [3.05, 3.63) is 42.5 Å². The number of nitrogens with one attached hydrogen (secondary N) is 1. The molecule has 1 unspecified atom stereocenters. The van der Waals surface area contributed by atoms with Crippen molar-refractivity contribution >= 4 is 21.6 Å². The summed E-state index contributed by atoms with van der Waals surface area (Å²) in [4.78, 5) is 13.0. The van der Waals surface area contributed by atoms with E-state index < -0.39 is 16.1 Å². The van der Waals surface area contributed by atoms with E-state index in [0.29, 0.717) is 35.9 Å². The summed E-state index contributed by atoms with van der Waals surface area (Å²) in [6, 6.07) is 11.0. The van der Waals surface area contributed by atoms with Gasteiger partial charge in [-0.2, -0.15) is 4.31 Å². The Bertz CT molecular complexity index is 1010. The minimum absolute atomic E-state index is 0.0601. The molecule has 3 rings (SSSR count). The van der Waals surface area contributed by atoms with E-state index in [1.54, 1.807) is 37.4 Å². The molecule has 2 aromatic carbocycles. The van der Waals surface area contributed by atoms with Gasteiger partial charge >= 0.3 is 0 Å². The zero-order chi connectivity index (χ0) is 22.4. The summed E-state index contributed by atoms with van der Waals surface area (Å²) in [6.45, 7) is 0.387. The normalized spacial score (nSPS) is 17.1. The first-order chi connectivity index (χ1) is 14.9. The minimum Gasteiger partial charge on any atom is -0.497 e. The van der Waals surface area contributed by atoms with Gasteiger partial charge in [-0.3, -0.25) is 4.79 Å². The Morgan fingerprint density at radius 1 is 1.00 bits per heavy atom. The fourth-order valence-electron chi connectivity index (χ4n) is 3.69. The number of hydrogen-bond donors (Lipinski definition) is 1. The number of amides is 1. The number of sulfonamides is 1. The van der Waals surface area contributed by atoms with Gasteiger partial charge in [0.15, 0.2) is 0 Å². The molecular weight excluding hydrogens is 420 g/mol. The third kappa shape index (κ3) is 5.29. The van der Waals surface area contributed by atoms with E-state index >= 15 is 0 Å². The number of ether oxygens (including phenoxy) is 3. The highest BCUT2D eigenvalue weighted by atomic mass is 32.2. The van der Waals surface area contributed by atoms with Crippen molar-refractivity contribution in [2.75, 3.05) is 33.2 Å². The Balaban J connectivity index is 1.75. The van der Waals surface area contributed by atoms with Crippen molar-refractivity contribution < 1.29 is 27.4 Å². The van der Waals surface area contributed by atoms with Crippen molar-refractivity contribution in [1.29, 1.82) is 0 Å². The van der Waals surface area contributed by atoms with E-state index in [9.17, 15) is 13.2 Å². The molecule has 1 atom stereocenters. The first kappa shape index (κ1) is 22.9. The average Bonchev–Trinajstić information content (AvgIpc) is 2.79. The third-order valence-electron chi connectivity index (χ3n) is 5.34. The molecular formula is C22H28N2O6S. The van der Waals surface area contributed by atoms with Gasteiger partial charge in [-0.05, 0) is 49.2 Å². The predicted molar refractivity (Wildman–Crippen MR) is 117 cm³/mol. The highest BCUT2D eigenvalue weighted by Crippen LogP contribution is 2.31. The lowest BCUT2D eigenvalue weighted by atomic mass is 10.0. The fourth-order valence-corrected chi connectivity index (χ4v) is 5.39. The van der Waals surface area contributed by atoms with Crippen LogP contribution in [0.15, 0.2) is 47.4 Å². The Morgan fingerprint density at radius 3 is 2.32 bits per heavy atom. The first-order valence-corrected chi connectivity index (χ1v) is 11.5. The maximum atomic E-state index is 13.2. The van der Waals surface area contributed by atoms with Crippen LogP contribution in [0.4, 0.5) is 5.69 Å². The molecule has 0 saturated carbocycles. The van der Waals surface area contributed by atoms with E-state index in [4.69, 9.17) is 14.2 Å². The van der Waals surface area contributed by atoms with E-state index in [2.05, 4.69) is 5.32 Å². The van der Waals surface area contributed by atoms with Crippen molar-refractivity contribution in [3.63, 3.8) is 0 Å². The largest absolute Gasteiger partial charge is 0.497 e. The van der Waals surface area contributed by atoms with E-state index in [-0.39, 0.29) is 17.2 Å². The Kier molecular flexibility index (Phi) is 7.40. The van der Waals surface area contributed by atoms with Crippen LogP contribution >= 0.6 is 0 Å². The number of anilines is 1. The molecule has 1 heterocycles.